The summed E-state index contributed by atoms with van der Waals surface area (Å²) < 4.78 is 0. The molecule has 0 aromatic heterocycles. The molecule has 0 unspecified atom stereocenters. The van der Waals surface area contributed by atoms with Crippen molar-refractivity contribution in [3.05, 3.63) is 0 Å². The highest BCUT2D eigenvalue weighted by Gasteiger charge is 2.03. The summed E-state index contributed by atoms with van der Waals surface area (Å²) in [7, 11) is 0. The van der Waals surface area contributed by atoms with Gasteiger partial charge in [0.15, 0.2) is 0 Å². The first-order valence-electron chi connectivity index (χ1n) is 6.53. The molecular formula is C13H24N2O3. The Labute approximate surface area is 109 Å². The fraction of sp³-hybridized carbons (Fsp3) is 0.769. The summed E-state index contributed by atoms with van der Waals surface area (Å²) >= 11 is 0. The van der Waals surface area contributed by atoms with Gasteiger partial charge in [0.2, 0.25) is 11.8 Å². The second-order valence-electron chi connectivity index (χ2n) is 4.73. The van der Waals surface area contributed by atoms with Crippen LogP contribution in [-0.2, 0) is 14.4 Å². The molecule has 0 aromatic rings. The maximum atomic E-state index is 11.3. The maximum Gasteiger partial charge on any atom is 0.220 e. The van der Waals surface area contributed by atoms with E-state index in [0.29, 0.717) is 31.6 Å². The lowest BCUT2D eigenvalue weighted by Gasteiger charge is -2.06. The third-order valence-electron chi connectivity index (χ3n) is 2.38. The molecular weight excluding hydrogens is 232 g/mol. The lowest BCUT2D eigenvalue weighted by atomic mass is 10.1. The molecule has 0 aliphatic rings. The van der Waals surface area contributed by atoms with Crippen molar-refractivity contribution in [1.29, 1.82) is 0 Å². The van der Waals surface area contributed by atoms with Crippen LogP contribution in [0.2, 0.25) is 0 Å². The van der Waals surface area contributed by atoms with E-state index in [4.69, 9.17) is 0 Å². The number of aldehydes is 1. The van der Waals surface area contributed by atoms with Gasteiger partial charge in [0.05, 0.1) is 6.54 Å². The Morgan fingerprint density at radius 3 is 2.39 bits per heavy atom. The quantitative estimate of drug-likeness (QED) is 0.453. The van der Waals surface area contributed by atoms with Gasteiger partial charge >= 0.3 is 0 Å². The molecule has 0 saturated heterocycles. The number of amides is 2. The molecule has 0 heterocycles. The van der Waals surface area contributed by atoms with E-state index in [0.717, 1.165) is 19.3 Å². The van der Waals surface area contributed by atoms with Crippen molar-refractivity contribution in [2.24, 2.45) is 5.92 Å². The average Bonchev–Trinajstić information content (AvgIpc) is 2.30. The summed E-state index contributed by atoms with van der Waals surface area (Å²) in [4.78, 5) is 32.4. The van der Waals surface area contributed by atoms with Crippen LogP contribution in [0.1, 0.15) is 46.0 Å². The molecule has 0 aliphatic heterocycles. The van der Waals surface area contributed by atoms with E-state index in [9.17, 15) is 14.4 Å². The first kappa shape index (κ1) is 16.6. The molecule has 0 aromatic carbocycles. The van der Waals surface area contributed by atoms with Crippen molar-refractivity contribution < 1.29 is 14.4 Å². The van der Waals surface area contributed by atoms with Gasteiger partial charge in [0.25, 0.3) is 0 Å². The first-order chi connectivity index (χ1) is 8.56. The van der Waals surface area contributed by atoms with E-state index < -0.39 is 0 Å². The molecule has 5 nitrogen and oxygen atoms in total. The number of hydrogen-bond donors (Lipinski definition) is 2. The van der Waals surface area contributed by atoms with Crippen molar-refractivity contribution in [2.75, 3.05) is 13.1 Å². The molecule has 5 heteroatoms. The maximum absolute atomic E-state index is 11.3. The zero-order valence-corrected chi connectivity index (χ0v) is 11.3. The predicted molar refractivity (Wildman–Crippen MR) is 70.0 cm³/mol. The van der Waals surface area contributed by atoms with E-state index >= 15 is 0 Å². The Balaban J connectivity index is 3.32. The van der Waals surface area contributed by atoms with Gasteiger partial charge in [-0.15, -0.1) is 0 Å². The Morgan fingerprint density at radius 2 is 1.78 bits per heavy atom. The largest absolute Gasteiger partial charge is 0.356 e. The van der Waals surface area contributed by atoms with Crippen molar-refractivity contribution in [3.8, 4) is 0 Å². The van der Waals surface area contributed by atoms with Crippen molar-refractivity contribution >= 4 is 18.1 Å². The van der Waals surface area contributed by atoms with Crippen LogP contribution >= 0.6 is 0 Å². The SMILES string of the molecule is CC(C)CC(=O)NCCCCCC(=O)NCC=O. The molecule has 0 rings (SSSR count). The van der Waals surface area contributed by atoms with Crippen LogP contribution < -0.4 is 10.6 Å². The average molecular weight is 256 g/mol. The Bertz CT molecular complexity index is 265. The van der Waals surface area contributed by atoms with Crippen LogP contribution in [0.4, 0.5) is 0 Å². The van der Waals surface area contributed by atoms with Crippen LogP contribution in [0.25, 0.3) is 0 Å². The van der Waals surface area contributed by atoms with Gasteiger partial charge in [0, 0.05) is 19.4 Å². The van der Waals surface area contributed by atoms with Gasteiger partial charge < -0.3 is 15.4 Å². The van der Waals surface area contributed by atoms with Gasteiger partial charge in [-0.05, 0) is 18.8 Å². The number of hydrogen-bond acceptors (Lipinski definition) is 3. The van der Waals surface area contributed by atoms with E-state index in [1.165, 1.54) is 0 Å². The Morgan fingerprint density at radius 1 is 1.06 bits per heavy atom. The number of carbonyl (C=O) groups is 3. The zero-order valence-electron chi connectivity index (χ0n) is 11.3. The van der Waals surface area contributed by atoms with Gasteiger partial charge in [-0.25, -0.2) is 0 Å². The van der Waals surface area contributed by atoms with Gasteiger partial charge in [-0.2, -0.15) is 0 Å². The Hall–Kier alpha value is -1.39. The molecule has 2 amide bonds. The van der Waals surface area contributed by atoms with Crippen LogP contribution in [0.15, 0.2) is 0 Å². The molecule has 0 bridgehead atoms. The van der Waals surface area contributed by atoms with Crippen LogP contribution in [0.5, 0.6) is 0 Å². The monoisotopic (exact) mass is 256 g/mol. The molecule has 18 heavy (non-hydrogen) atoms. The number of rotatable bonds is 10. The standard InChI is InChI=1S/C13H24N2O3/c1-11(2)10-13(18)14-7-5-3-4-6-12(17)15-8-9-16/h9,11H,3-8,10H2,1-2H3,(H,14,18)(H,15,17). The second kappa shape index (κ2) is 10.7. The summed E-state index contributed by atoms with van der Waals surface area (Å²) in [5.74, 6) is 0.381. The molecule has 0 radical (unpaired) electrons. The molecule has 0 atom stereocenters. The number of nitrogens with one attached hydrogen (secondary N) is 2. The van der Waals surface area contributed by atoms with Crippen molar-refractivity contribution in [3.63, 3.8) is 0 Å². The van der Waals surface area contributed by atoms with Crippen LogP contribution in [0, 0.1) is 5.92 Å². The lowest BCUT2D eigenvalue weighted by molar-refractivity contribution is -0.123. The summed E-state index contributed by atoms with van der Waals surface area (Å²) in [5, 5.41) is 5.34. The smallest absolute Gasteiger partial charge is 0.220 e. The highest BCUT2D eigenvalue weighted by molar-refractivity contribution is 5.78. The second-order valence-corrected chi connectivity index (χ2v) is 4.73. The molecule has 0 aliphatic carbocycles. The van der Waals surface area contributed by atoms with Crippen molar-refractivity contribution in [1.82, 2.24) is 10.6 Å². The van der Waals surface area contributed by atoms with E-state index in [-0.39, 0.29) is 18.4 Å². The lowest BCUT2D eigenvalue weighted by Crippen LogP contribution is -2.26. The molecule has 2 N–H and O–H groups in total. The van der Waals surface area contributed by atoms with E-state index in [2.05, 4.69) is 10.6 Å². The molecule has 0 spiro atoms. The normalized spacial score (nSPS) is 10.2. The van der Waals surface area contributed by atoms with Crippen LogP contribution in [-0.4, -0.2) is 31.2 Å². The Kier molecular flexibility index (Phi) is 9.91. The summed E-state index contributed by atoms with van der Waals surface area (Å²) in [5.41, 5.74) is 0. The van der Waals surface area contributed by atoms with Gasteiger partial charge in [-0.3, -0.25) is 9.59 Å². The van der Waals surface area contributed by atoms with E-state index in [1.54, 1.807) is 0 Å². The van der Waals surface area contributed by atoms with E-state index in [1.807, 2.05) is 13.8 Å². The fourth-order valence-electron chi connectivity index (χ4n) is 1.50. The highest BCUT2D eigenvalue weighted by Crippen LogP contribution is 2.00. The highest BCUT2D eigenvalue weighted by atomic mass is 16.2. The molecule has 0 fully saturated rings. The minimum absolute atomic E-state index is 0.0874. The van der Waals surface area contributed by atoms with Gasteiger partial charge in [0.1, 0.15) is 6.29 Å². The number of carbonyl (C=O) groups excluding carboxylic acids is 3. The summed E-state index contributed by atoms with van der Waals surface area (Å²) in [6.07, 6.45) is 4.23. The predicted octanol–water partition coefficient (Wildman–Crippen LogP) is 1.02. The van der Waals surface area contributed by atoms with Gasteiger partial charge in [-0.1, -0.05) is 20.3 Å². The zero-order chi connectivity index (χ0) is 13.8. The molecule has 104 valence electrons. The topological polar surface area (TPSA) is 75.3 Å². The number of unbranched alkanes of at least 4 members (excludes halogenated alkanes) is 2. The first-order valence-corrected chi connectivity index (χ1v) is 6.53. The summed E-state index contributed by atoms with van der Waals surface area (Å²) in [6, 6.07) is 0. The van der Waals surface area contributed by atoms with Crippen molar-refractivity contribution in [2.45, 2.75) is 46.0 Å². The third-order valence-corrected chi connectivity index (χ3v) is 2.38. The minimum atomic E-state index is -0.0917. The van der Waals surface area contributed by atoms with Crippen LogP contribution in [0.3, 0.4) is 0 Å². The summed E-state index contributed by atoms with van der Waals surface area (Å²) in [6.45, 7) is 4.78. The molecule has 0 saturated carbocycles. The minimum Gasteiger partial charge on any atom is -0.356 e. The third kappa shape index (κ3) is 11.1. The fourth-order valence-corrected chi connectivity index (χ4v) is 1.50.